The van der Waals surface area contributed by atoms with Gasteiger partial charge in [-0.15, -0.1) is 0 Å². The zero-order chi connectivity index (χ0) is 14.3. The van der Waals surface area contributed by atoms with E-state index in [0.717, 1.165) is 12.8 Å². The first-order valence-electron chi connectivity index (χ1n) is 5.92. The summed E-state index contributed by atoms with van der Waals surface area (Å²) in [5, 5.41) is 15.1. The maximum atomic E-state index is 10.9. The lowest BCUT2D eigenvalue weighted by Gasteiger charge is -2.11. The van der Waals surface area contributed by atoms with E-state index >= 15 is 0 Å². The molecule has 1 rings (SSSR count). The molecule has 1 atom stereocenters. The van der Waals surface area contributed by atoms with Crippen molar-refractivity contribution in [1.29, 1.82) is 0 Å². The monoisotopic (exact) mass is 287 g/mol. The smallest absolute Gasteiger partial charge is 0.327 e. The van der Waals surface area contributed by atoms with Crippen LogP contribution in [0.15, 0.2) is 4.52 Å². The van der Waals surface area contributed by atoms with E-state index < -0.39 is 12.0 Å². The first kappa shape index (κ1) is 15.5. The van der Waals surface area contributed by atoms with Gasteiger partial charge in [0.2, 0.25) is 11.8 Å². The van der Waals surface area contributed by atoms with Crippen LogP contribution >= 0.6 is 11.8 Å². The Hall–Kier alpha value is -1.57. The van der Waals surface area contributed by atoms with E-state index in [9.17, 15) is 9.59 Å². The van der Waals surface area contributed by atoms with Gasteiger partial charge in [-0.05, 0) is 6.42 Å². The molecule has 0 saturated carbocycles. The third-order valence-electron chi connectivity index (χ3n) is 2.17. The Kier molecular flexibility index (Phi) is 6.34. The normalized spacial score (nSPS) is 12.1. The number of amides is 1. The fourth-order valence-electron chi connectivity index (χ4n) is 1.35. The highest BCUT2D eigenvalue weighted by Crippen LogP contribution is 2.11. The molecule has 1 unspecified atom stereocenters. The summed E-state index contributed by atoms with van der Waals surface area (Å²) in [5.41, 5.74) is 0. The number of hydrogen-bond donors (Lipinski definition) is 2. The van der Waals surface area contributed by atoms with Gasteiger partial charge in [0.15, 0.2) is 5.82 Å². The van der Waals surface area contributed by atoms with Gasteiger partial charge in [0.25, 0.3) is 0 Å². The molecular weight excluding hydrogens is 270 g/mol. The van der Waals surface area contributed by atoms with E-state index in [2.05, 4.69) is 15.5 Å². The number of aryl methyl sites for hydroxylation is 1. The van der Waals surface area contributed by atoms with Crippen molar-refractivity contribution in [2.45, 2.75) is 38.5 Å². The van der Waals surface area contributed by atoms with Gasteiger partial charge in [-0.3, -0.25) is 4.79 Å². The molecule has 0 spiro atoms. The molecule has 0 aliphatic heterocycles. The van der Waals surface area contributed by atoms with Crippen molar-refractivity contribution in [3.05, 3.63) is 11.7 Å². The number of aromatic nitrogens is 2. The van der Waals surface area contributed by atoms with Gasteiger partial charge in [0.05, 0.1) is 5.75 Å². The van der Waals surface area contributed by atoms with Gasteiger partial charge in [-0.25, -0.2) is 4.79 Å². The molecule has 0 saturated heterocycles. The van der Waals surface area contributed by atoms with E-state index in [4.69, 9.17) is 9.63 Å². The molecule has 0 aliphatic rings. The number of carbonyl (C=O) groups is 2. The molecule has 7 nitrogen and oxygen atoms in total. The van der Waals surface area contributed by atoms with Gasteiger partial charge < -0.3 is 14.9 Å². The Bertz CT molecular complexity index is 435. The number of nitrogens with zero attached hydrogens (tertiary/aromatic N) is 2. The second-order valence-corrected chi connectivity index (χ2v) is 4.99. The Balaban J connectivity index is 2.38. The predicted octanol–water partition coefficient (Wildman–Crippen LogP) is 0.845. The molecule has 19 heavy (non-hydrogen) atoms. The quantitative estimate of drug-likeness (QED) is 0.730. The number of rotatable bonds is 8. The van der Waals surface area contributed by atoms with Gasteiger partial charge in [-0.2, -0.15) is 16.7 Å². The van der Waals surface area contributed by atoms with Crippen LogP contribution in [-0.2, 0) is 21.8 Å². The molecule has 0 fully saturated rings. The number of nitrogens with one attached hydrogen (secondary N) is 1. The maximum Gasteiger partial charge on any atom is 0.327 e. The zero-order valence-electron chi connectivity index (χ0n) is 10.9. The van der Waals surface area contributed by atoms with Crippen molar-refractivity contribution in [1.82, 2.24) is 15.5 Å². The van der Waals surface area contributed by atoms with E-state index in [1.165, 1.54) is 18.7 Å². The number of carboxylic acids is 1. The predicted molar refractivity (Wildman–Crippen MR) is 69.7 cm³/mol. The minimum atomic E-state index is -1.05. The van der Waals surface area contributed by atoms with Gasteiger partial charge in [0.1, 0.15) is 6.04 Å². The van der Waals surface area contributed by atoms with Crippen LogP contribution in [0.25, 0.3) is 0 Å². The number of hydrogen-bond acceptors (Lipinski definition) is 6. The van der Waals surface area contributed by atoms with E-state index in [1.807, 2.05) is 6.92 Å². The highest BCUT2D eigenvalue weighted by Gasteiger charge is 2.18. The first-order chi connectivity index (χ1) is 9.02. The fourth-order valence-corrected chi connectivity index (χ4v) is 2.23. The summed E-state index contributed by atoms with van der Waals surface area (Å²) in [6.07, 6.45) is 1.67. The van der Waals surface area contributed by atoms with Crippen molar-refractivity contribution in [3.63, 3.8) is 0 Å². The van der Waals surface area contributed by atoms with Crippen molar-refractivity contribution in [2.75, 3.05) is 5.75 Å². The summed E-state index contributed by atoms with van der Waals surface area (Å²) in [6.45, 7) is 3.31. The topological polar surface area (TPSA) is 105 Å². The van der Waals surface area contributed by atoms with Crippen molar-refractivity contribution in [3.8, 4) is 0 Å². The van der Waals surface area contributed by atoms with Crippen LogP contribution < -0.4 is 5.32 Å². The minimum absolute atomic E-state index is 0.257. The summed E-state index contributed by atoms with van der Waals surface area (Å²) < 4.78 is 5.01. The van der Waals surface area contributed by atoms with Gasteiger partial charge >= 0.3 is 5.97 Å². The number of aliphatic carboxylic acids is 1. The van der Waals surface area contributed by atoms with Crippen LogP contribution in [0.1, 0.15) is 32.0 Å². The van der Waals surface area contributed by atoms with Crippen LogP contribution in [0.5, 0.6) is 0 Å². The molecule has 8 heteroatoms. The lowest BCUT2D eigenvalue weighted by molar-refractivity contribution is -0.140. The third kappa shape index (κ3) is 5.73. The highest BCUT2D eigenvalue weighted by atomic mass is 32.2. The van der Waals surface area contributed by atoms with Crippen LogP contribution in [0.2, 0.25) is 0 Å². The minimum Gasteiger partial charge on any atom is -0.480 e. The number of carbonyl (C=O) groups excluding carboxylic acids is 1. The summed E-state index contributed by atoms with van der Waals surface area (Å²) >= 11 is 1.34. The molecule has 0 bridgehead atoms. The largest absolute Gasteiger partial charge is 0.480 e. The van der Waals surface area contributed by atoms with Gasteiger partial charge in [-0.1, -0.05) is 12.1 Å². The summed E-state index contributed by atoms with van der Waals surface area (Å²) in [5.74, 6) is 0.429. The van der Waals surface area contributed by atoms with Crippen LogP contribution in [0.3, 0.4) is 0 Å². The van der Waals surface area contributed by atoms with Crippen LogP contribution in [-0.4, -0.2) is 38.9 Å². The molecule has 1 amide bonds. The Morgan fingerprint density at radius 3 is 2.84 bits per heavy atom. The average molecular weight is 287 g/mol. The Morgan fingerprint density at radius 2 is 2.26 bits per heavy atom. The lowest BCUT2D eigenvalue weighted by atomic mass is 10.3. The molecule has 0 aromatic carbocycles. The summed E-state index contributed by atoms with van der Waals surface area (Å²) in [4.78, 5) is 25.9. The standard InChI is InChI=1S/C11H17N3O4S/c1-3-4-10-13-9(14-18-10)6-19-5-8(11(16)17)12-7(2)15/h8H,3-6H2,1-2H3,(H,12,15)(H,16,17). The highest BCUT2D eigenvalue weighted by molar-refractivity contribution is 7.98. The maximum absolute atomic E-state index is 10.9. The summed E-state index contributed by atoms with van der Waals surface area (Å²) in [6, 6.07) is -0.899. The fraction of sp³-hybridized carbons (Fsp3) is 0.636. The van der Waals surface area contributed by atoms with E-state index in [1.54, 1.807) is 0 Å². The number of thioether (sulfide) groups is 1. The average Bonchev–Trinajstić information content (AvgIpc) is 2.75. The molecule has 0 radical (unpaired) electrons. The van der Waals surface area contributed by atoms with Crippen molar-refractivity contribution >= 4 is 23.6 Å². The van der Waals surface area contributed by atoms with Crippen molar-refractivity contribution in [2.24, 2.45) is 0 Å². The van der Waals surface area contributed by atoms with Crippen LogP contribution in [0.4, 0.5) is 0 Å². The van der Waals surface area contributed by atoms with E-state index in [0.29, 0.717) is 17.5 Å². The molecular formula is C11H17N3O4S. The molecule has 1 heterocycles. The molecule has 0 aliphatic carbocycles. The molecule has 1 aromatic rings. The Morgan fingerprint density at radius 1 is 1.53 bits per heavy atom. The second-order valence-electron chi connectivity index (χ2n) is 3.96. The van der Waals surface area contributed by atoms with Gasteiger partial charge in [0, 0.05) is 19.1 Å². The molecule has 106 valence electrons. The SMILES string of the molecule is CCCc1nc(CSCC(NC(C)=O)C(=O)O)no1. The number of carboxylic acid groups (broad SMARTS) is 1. The molecule has 2 N–H and O–H groups in total. The van der Waals surface area contributed by atoms with E-state index in [-0.39, 0.29) is 11.7 Å². The first-order valence-corrected chi connectivity index (χ1v) is 7.07. The van der Waals surface area contributed by atoms with Crippen LogP contribution in [0, 0.1) is 0 Å². The second kappa shape index (κ2) is 7.78. The molecule has 1 aromatic heterocycles. The lowest BCUT2D eigenvalue weighted by Crippen LogP contribution is -2.41. The zero-order valence-corrected chi connectivity index (χ0v) is 11.7. The summed E-state index contributed by atoms with van der Waals surface area (Å²) in [7, 11) is 0. The Labute approximate surface area is 115 Å². The van der Waals surface area contributed by atoms with Crippen molar-refractivity contribution < 1.29 is 19.2 Å². The third-order valence-corrected chi connectivity index (χ3v) is 3.20.